The highest BCUT2D eigenvalue weighted by Crippen LogP contribution is 2.25. The van der Waals surface area contributed by atoms with Gasteiger partial charge in [-0.3, -0.25) is 14.6 Å². The third-order valence-corrected chi connectivity index (χ3v) is 4.70. The molecule has 1 aromatic rings. The lowest BCUT2D eigenvalue weighted by Gasteiger charge is -2.10. The van der Waals surface area contributed by atoms with E-state index in [4.69, 9.17) is 11.6 Å². The zero-order valence-electron chi connectivity index (χ0n) is 12.5. The molecule has 0 aromatic heterocycles. The molecule has 118 valence electrons. The molecule has 2 amide bonds. The lowest BCUT2D eigenvalue weighted by molar-refractivity contribution is -0.122. The molecule has 1 aromatic carbocycles. The lowest BCUT2D eigenvalue weighted by atomic mass is 10.2. The lowest BCUT2D eigenvalue weighted by Crippen LogP contribution is -2.28. The highest BCUT2D eigenvalue weighted by Gasteiger charge is 2.31. The SMILES string of the molecule is CCCN=C1NC(=O)[C@@H](CC(=O)Nc2cccc(Cl)c2C)S1. The number of nitrogens with zero attached hydrogens (tertiary/aromatic N) is 1. The highest BCUT2D eigenvalue weighted by molar-refractivity contribution is 8.15. The van der Waals surface area contributed by atoms with Crippen molar-refractivity contribution in [3.63, 3.8) is 0 Å². The van der Waals surface area contributed by atoms with Gasteiger partial charge in [0.15, 0.2) is 5.17 Å². The van der Waals surface area contributed by atoms with Crippen LogP contribution in [0.1, 0.15) is 25.3 Å². The Labute approximate surface area is 138 Å². The van der Waals surface area contributed by atoms with Crippen molar-refractivity contribution in [1.29, 1.82) is 0 Å². The fourth-order valence-electron chi connectivity index (χ4n) is 1.94. The molecule has 0 unspecified atom stereocenters. The predicted octanol–water partition coefficient (Wildman–Crippen LogP) is 2.97. The summed E-state index contributed by atoms with van der Waals surface area (Å²) >= 11 is 7.33. The smallest absolute Gasteiger partial charge is 0.240 e. The maximum atomic E-state index is 12.1. The van der Waals surface area contributed by atoms with Crippen LogP contribution in [0.4, 0.5) is 5.69 Å². The number of anilines is 1. The van der Waals surface area contributed by atoms with E-state index in [9.17, 15) is 9.59 Å². The second kappa shape index (κ2) is 7.65. The average Bonchev–Trinajstić information content (AvgIpc) is 2.82. The Morgan fingerprint density at radius 2 is 2.27 bits per heavy atom. The number of hydrogen-bond acceptors (Lipinski definition) is 4. The van der Waals surface area contributed by atoms with Crippen molar-refractivity contribution in [3.05, 3.63) is 28.8 Å². The monoisotopic (exact) mass is 339 g/mol. The summed E-state index contributed by atoms with van der Waals surface area (Å²) in [4.78, 5) is 28.2. The van der Waals surface area contributed by atoms with Crippen molar-refractivity contribution in [2.45, 2.75) is 31.9 Å². The van der Waals surface area contributed by atoms with E-state index in [-0.39, 0.29) is 18.2 Å². The molecule has 1 atom stereocenters. The molecule has 1 fully saturated rings. The Morgan fingerprint density at radius 1 is 1.50 bits per heavy atom. The largest absolute Gasteiger partial charge is 0.326 e. The molecule has 1 aliphatic rings. The van der Waals surface area contributed by atoms with Crippen LogP contribution >= 0.6 is 23.4 Å². The molecule has 0 bridgehead atoms. The number of carbonyl (C=O) groups excluding carboxylic acids is 2. The first-order valence-corrected chi connectivity index (χ1v) is 8.34. The molecule has 0 radical (unpaired) electrons. The van der Waals surface area contributed by atoms with Crippen molar-refractivity contribution >= 4 is 46.0 Å². The van der Waals surface area contributed by atoms with Crippen LogP contribution in [0.15, 0.2) is 23.2 Å². The van der Waals surface area contributed by atoms with Gasteiger partial charge in [-0.1, -0.05) is 36.4 Å². The van der Waals surface area contributed by atoms with E-state index in [1.165, 1.54) is 11.8 Å². The van der Waals surface area contributed by atoms with Crippen molar-refractivity contribution in [2.75, 3.05) is 11.9 Å². The van der Waals surface area contributed by atoms with E-state index < -0.39 is 5.25 Å². The Balaban J connectivity index is 1.95. The van der Waals surface area contributed by atoms with Gasteiger partial charge in [0.05, 0.1) is 0 Å². The molecule has 2 N–H and O–H groups in total. The molecule has 5 nitrogen and oxygen atoms in total. The first-order chi connectivity index (χ1) is 10.5. The standard InChI is InChI=1S/C15H18ClN3O2S/c1-3-7-17-15-19-14(21)12(22-15)8-13(20)18-11-6-4-5-10(16)9(11)2/h4-6,12H,3,7-8H2,1-2H3,(H,18,20)(H,17,19,21)/t12-/m1/s1. The maximum Gasteiger partial charge on any atom is 0.240 e. The number of hydrogen-bond donors (Lipinski definition) is 2. The number of carbonyl (C=O) groups is 2. The summed E-state index contributed by atoms with van der Waals surface area (Å²) in [6.45, 7) is 4.53. The normalized spacial score (nSPS) is 19.3. The Bertz CT molecular complexity index is 619. The molecular formula is C15H18ClN3O2S. The fourth-order valence-corrected chi connectivity index (χ4v) is 3.11. The van der Waals surface area contributed by atoms with Crippen LogP contribution in [0.5, 0.6) is 0 Å². The number of aliphatic imine (C=N–C) groups is 1. The zero-order chi connectivity index (χ0) is 16.1. The molecule has 0 spiro atoms. The number of amides is 2. The van der Waals surface area contributed by atoms with Gasteiger partial charge in [-0.05, 0) is 31.0 Å². The van der Waals surface area contributed by atoms with Gasteiger partial charge >= 0.3 is 0 Å². The van der Waals surface area contributed by atoms with E-state index in [0.29, 0.717) is 22.4 Å². The molecule has 1 saturated heterocycles. The number of amidine groups is 1. The van der Waals surface area contributed by atoms with Crippen LogP contribution in [-0.4, -0.2) is 28.8 Å². The molecule has 1 aliphatic heterocycles. The Kier molecular flexibility index (Phi) is 5.85. The number of rotatable bonds is 5. The molecule has 0 aliphatic carbocycles. The van der Waals surface area contributed by atoms with Crippen LogP contribution in [0, 0.1) is 6.92 Å². The topological polar surface area (TPSA) is 70.6 Å². The van der Waals surface area contributed by atoms with Crippen LogP contribution in [0.25, 0.3) is 0 Å². The number of benzene rings is 1. The van der Waals surface area contributed by atoms with Gasteiger partial charge in [-0.25, -0.2) is 0 Å². The van der Waals surface area contributed by atoms with Gasteiger partial charge in [-0.2, -0.15) is 0 Å². The molecule has 7 heteroatoms. The van der Waals surface area contributed by atoms with E-state index in [1.54, 1.807) is 18.2 Å². The maximum absolute atomic E-state index is 12.1. The molecule has 22 heavy (non-hydrogen) atoms. The highest BCUT2D eigenvalue weighted by atomic mass is 35.5. The number of nitrogens with one attached hydrogen (secondary N) is 2. The molecule has 1 heterocycles. The average molecular weight is 340 g/mol. The third kappa shape index (κ3) is 4.24. The number of thioether (sulfide) groups is 1. The summed E-state index contributed by atoms with van der Waals surface area (Å²) in [5.41, 5.74) is 1.48. The van der Waals surface area contributed by atoms with Crippen LogP contribution < -0.4 is 10.6 Å². The summed E-state index contributed by atoms with van der Waals surface area (Å²) in [5.74, 6) is -0.382. The third-order valence-electron chi connectivity index (χ3n) is 3.17. The minimum atomic E-state index is -0.435. The van der Waals surface area contributed by atoms with Crippen molar-refractivity contribution in [3.8, 4) is 0 Å². The Hall–Kier alpha value is -1.53. The Morgan fingerprint density at radius 3 is 3.00 bits per heavy atom. The van der Waals surface area contributed by atoms with Gasteiger partial charge < -0.3 is 10.6 Å². The summed E-state index contributed by atoms with van der Waals surface area (Å²) in [6.07, 6.45) is 1.02. The fraction of sp³-hybridized carbons (Fsp3) is 0.400. The van der Waals surface area contributed by atoms with Crippen molar-refractivity contribution < 1.29 is 9.59 Å². The van der Waals surface area contributed by atoms with Gasteiger partial charge in [0, 0.05) is 23.7 Å². The minimum Gasteiger partial charge on any atom is -0.326 e. The minimum absolute atomic E-state index is 0.105. The van der Waals surface area contributed by atoms with Crippen molar-refractivity contribution in [1.82, 2.24) is 5.32 Å². The van der Waals surface area contributed by atoms with E-state index in [0.717, 1.165) is 12.0 Å². The van der Waals surface area contributed by atoms with Gasteiger partial charge in [0.2, 0.25) is 11.8 Å². The summed E-state index contributed by atoms with van der Waals surface area (Å²) in [7, 11) is 0. The van der Waals surface area contributed by atoms with Gasteiger partial charge in [0.25, 0.3) is 0 Å². The van der Waals surface area contributed by atoms with E-state index in [1.807, 2.05) is 13.8 Å². The van der Waals surface area contributed by atoms with Crippen LogP contribution in [-0.2, 0) is 9.59 Å². The second-order valence-corrected chi connectivity index (χ2v) is 6.55. The summed E-state index contributed by atoms with van der Waals surface area (Å²) in [5, 5.41) is 6.26. The first-order valence-electron chi connectivity index (χ1n) is 7.08. The summed E-state index contributed by atoms with van der Waals surface area (Å²) < 4.78 is 0. The van der Waals surface area contributed by atoms with Gasteiger partial charge in [-0.15, -0.1) is 0 Å². The molecule has 2 rings (SSSR count). The predicted molar refractivity (Wildman–Crippen MR) is 91.6 cm³/mol. The summed E-state index contributed by atoms with van der Waals surface area (Å²) in [6, 6.07) is 5.33. The first kappa shape index (κ1) is 16.8. The van der Waals surface area contributed by atoms with Crippen LogP contribution in [0.2, 0.25) is 5.02 Å². The number of halogens is 1. The molecular weight excluding hydrogens is 322 g/mol. The quantitative estimate of drug-likeness (QED) is 0.866. The molecule has 0 saturated carbocycles. The van der Waals surface area contributed by atoms with Crippen molar-refractivity contribution in [2.24, 2.45) is 4.99 Å². The zero-order valence-corrected chi connectivity index (χ0v) is 14.1. The second-order valence-electron chi connectivity index (χ2n) is 4.95. The van der Waals surface area contributed by atoms with E-state index in [2.05, 4.69) is 15.6 Å². The van der Waals surface area contributed by atoms with E-state index >= 15 is 0 Å². The van der Waals surface area contributed by atoms with Crippen LogP contribution in [0.3, 0.4) is 0 Å². The van der Waals surface area contributed by atoms with Gasteiger partial charge in [0.1, 0.15) is 5.25 Å².